The van der Waals surface area contributed by atoms with Crippen LogP contribution in [-0.4, -0.2) is 37.0 Å². The Hall–Kier alpha value is -0.900. The van der Waals surface area contributed by atoms with Gasteiger partial charge in [0.25, 0.3) is 0 Å². The highest BCUT2D eigenvalue weighted by molar-refractivity contribution is 5.14. The van der Waals surface area contributed by atoms with Crippen LogP contribution in [0.4, 0.5) is 0 Å². The minimum atomic E-state index is -0.213. The van der Waals surface area contributed by atoms with E-state index in [9.17, 15) is 5.11 Å². The molecule has 0 amide bonds. The first-order valence-corrected chi connectivity index (χ1v) is 7.68. The van der Waals surface area contributed by atoms with Crippen LogP contribution in [0.3, 0.4) is 0 Å². The van der Waals surface area contributed by atoms with Gasteiger partial charge in [-0.25, -0.2) is 0 Å². The molecule has 0 saturated carbocycles. The normalized spacial score (nSPS) is 14.2. The van der Waals surface area contributed by atoms with E-state index < -0.39 is 0 Å². The maximum atomic E-state index is 9.45. The van der Waals surface area contributed by atoms with Gasteiger partial charge in [0.2, 0.25) is 0 Å². The van der Waals surface area contributed by atoms with Gasteiger partial charge in [-0.15, -0.1) is 0 Å². The molecule has 0 heterocycles. The number of benzene rings is 1. The smallest absolute Gasteiger partial charge is 0.0611 e. The van der Waals surface area contributed by atoms with Crippen LogP contribution in [-0.2, 0) is 11.2 Å². The number of aliphatic hydroxyl groups is 1. The molecule has 0 aliphatic heterocycles. The predicted octanol–water partition coefficient (Wildman–Crippen LogP) is 2.78. The quantitative estimate of drug-likeness (QED) is 0.612. The lowest BCUT2D eigenvalue weighted by Crippen LogP contribution is -2.46. The van der Waals surface area contributed by atoms with E-state index in [4.69, 9.17) is 4.74 Å². The maximum Gasteiger partial charge on any atom is 0.0611 e. The summed E-state index contributed by atoms with van der Waals surface area (Å²) >= 11 is 0. The molecule has 0 aromatic heterocycles. The first-order chi connectivity index (χ1) is 9.70. The number of nitrogens with one attached hydrogen (secondary N) is 1. The molecular formula is C17H29NO2. The molecule has 20 heavy (non-hydrogen) atoms. The molecule has 0 radical (unpaired) electrons. The molecule has 1 unspecified atom stereocenters. The van der Waals surface area contributed by atoms with Crippen LogP contribution in [0.1, 0.15) is 38.7 Å². The lowest BCUT2D eigenvalue weighted by atomic mass is 9.99. The molecule has 3 heteroatoms. The molecule has 2 N–H and O–H groups in total. The summed E-state index contributed by atoms with van der Waals surface area (Å²) < 4.78 is 5.68. The van der Waals surface area contributed by atoms with Gasteiger partial charge in [-0.1, -0.05) is 37.3 Å². The fourth-order valence-corrected chi connectivity index (χ4v) is 2.07. The van der Waals surface area contributed by atoms with Crippen molar-refractivity contribution in [3.63, 3.8) is 0 Å². The van der Waals surface area contributed by atoms with E-state index in [2.05, 4.69) is 43.4 Å². The van der Waals surface area contributed by atoms with Crippen molar-refractivity contribution in [2.75, 3.05) is 26.4 Å². The van der Waals surface area contributed by atoms with Crippen molar-refractivity contribution in [2.24, 2.45) is 0 Å². The average Bonchev–Trinajstić information content (AvgIpc) is 2.50. The number of ether oxygens (including phenoxy) is 1. The van der Waals surface area contributed by atoms with Crippen molar-refractivity contribution < 1.29 is 9.84 Å². The van der Waals surface area contributed by atoms with Crippen molar-refractivity contribution in [1.82, 2.24) is 5.32 Å². The average molecular weight is 279 g/mol. The Balaban J connectivity index is 2.08. The van der Waals surface area contributed by atoms with Crippen molar-refractivity contribution >= 4 is 0 Å². The molecular weight excluding hydrogens is 250 g/mol. The second kappa shape index (κ2) is 9.92. The molecule has 0 fully saturated rings. The highest BCUT2D eigenvalue weighted by atomic mass is 16.5. The first kappa shape index (κ1) is 17.2. The van der Waals surface area contributed by atoms with Gasteiger partial charge in [0.05, 0.1) is 6.61 Å². The highest BCUT2D eigenvalue weighted by Gasteiger charge is 2.21. The Morgan fingerprint density at radius 1 is 1.20 bits per heavy atom. The Bertz CT molecular complexity index is 342. The standard InChI is InChI=1S/C17H29NO2/c1-3-12-18-17(2,15-19)11-14-20-13-7-10-16-8-5-4-6-9-16/h4-6,8-9,18-19H,3,7,10-15H2,1-2H3. The number of aryl methyl sites for hydroxylation is 1. The largest absolute Gasteiger partial charge is 0.394 e. The monoisotopic (exact) mass is 279 g/mol. The second-order valence-corrected chi connectivity index (χ2v) is 5.60. The minimum absolute atomic E-state index is 0.153. The SMILES string of the molecule is CCCNC(C)(CO)CCOCCCc1ccccc1. The van der Waals surface area contributed by atoms with Crippen molar-refractivity contribution in [3.05, 3.63) is 35.9 Å². The van der Waals surface area contributed by atoms with E-state index in [0.717, 1.165) is 38.8 Å². The van der Waals surface area contributed by atoms with Crippen LogP contribution >= 0.6 is 0 Å². The summed E-state index contributed by atoms with van der Waals surface area (Å²) in [5.74, 6) is 0. The van der Waals surface area contributed by atoms with Crippen LogP contribution in [0.25, 0.3) is 0 Å². The summed E-state index contributed by atoms with van der Waals surface area (Å²) in [6, 6.07) is 10.5. The number of hydrogen-bond donors (Lipinski definition) is 2. The third-order valence-electron chi connectivity index (χ3n) is 3.55. The number of hydrogen-bond acceptors (Lipinski definition) is 3. The van der Waals surface area contributed by atoms with Gasteiger partial charge in [-0.05, 0) is 44.7 Å². The van der Waals surface area contributed by atoms with E-state index in [-0.39, 0.29) is 12.1 Å². The van der Waals surface area contributed by atoms with E-state index in [1.54, 1.807) is 0 Å². The second-order valence-electron chi connectivity index (χ2n) is 5.60. The molecule has 0 spiro atoms. The molecule has 0 saturated heterocycles. The number of rotatable bonds is 11. The topological polar surface area (TPSA) is 41.5 Å². The third kappa shape index (κ3) is 7.04. The lowest BCUT2D eigenvalue weighted by molar-refractivity contribution is 0.0858. The maximum absolute atomic E-state index is 9.45. The summed E-state index contributed by atoms with van der Waals surface area (Å²) in [6.45, 7) is 6.75. The van der Waals surface area contributed by atoms with Crippen LogP contribution in [0, 0.1) is 0 Å². The van der Waals surface area contributed by atoms with Gasteiger partial charge in [0.15, 0.2) is 0 Å². The Labute approximate surface area is 123 Å². The molecule has 1 aromatic rings. The van der Waals surface area contributed by atoms with Crippen LogP contribution in [0.5, 0.6) is 0 Å². The van der Waals surface area contributed by atoms with Gasteiger partial charge in [0, 0.05) is 18.8 Å². The minimum Gasteiger partial charge on any atom is -0.394 e. The van der Waals surface area contributed by atoms with Crippen molar-refractivity contribution in [2.45, 2.75) is 45.1 Å². The van der Waals surface area contributed by atoms with Gasteiger partial charge in [0.1, 0.15) is 0 Å². The molecule has 0 bridgehead atoms. The van der Waals surface area contributed by atoms with Crippen LogP contribution < -0.4 is 5.32 Å². The lowest BCUT2D eigenvalue weighted by Gasteiger charge is -2.28. The van der Waals surface area contributed by atoms with Crippen LogP contribution in [0.15, 0.2) is 30.3 Å². The number of aliphatic hydroxyl groups excluding tert-OH is 1. The summed E-state index contributed by atoms with van der Waals surface area (Å²) in [5, 5.41) is 12.8. The van der Waals surface area contributed by atoms with Gasteiger partial charge >= 0.3 is 0 Å². The zero-order valence-electron chi connectivity index (χ0n) is 12.9. The van der Waals surface area contributed by atoms with Gasteiger partial charge in [-0.2, -0.15) is 0 Å². The zero-order chi connectivity index (χ0) is 14.7. The Morgan fingerprint density at radius 3 is 2.60 bits per heavy atom. The Morgan fingerprint density at radius 2 is 1.95 bits per heavy atom. The van der Waals surface area contributed by atoms with E-state index in [1.165, 1.54) is 5.56 Å². The first-order valence-electron chi connectivity index (χ1n) is 7.68. The molecule has 1 rings (SSSR count). The molecule has 0 aliphatic rings. The van der Waals surface area contributed by atoms with E-state index in [1.807, 2.05) is 6.07 Å². The fraction of sp³-hybridized carbons (Fsp3) is 0.647. The van der Waals surface area contributed by atoms with Crippen LogP contribution in [0.2, 0.25) is 0 Å². The summed E-state index contributed by atoms with van der Waals surface area (Å²) in [5.41, 5.74) is 1.15. The molecule has 1 aromatic carbocycles. The molecule has 114 valence electrons. The molecule has 3 nitrogen and oxygen atoms in total. The fourth-order valence-electron chi connectivity index (χ4n) is 2.07. The zero-order valence-corrected chi connectivity index (χ0v) is 12.9. The summed E-state index contributed by atoms with van der Waals surface area (Å²) in [6.07, 6.45) is 4.02. The van der Waals surface area contributed by atoms with Gasteiger partial charge < -0.3 is 15.2 Å². The molecule has 1 atom stereocenters. The van der Waals surface area contributed by atoms with Gasteiger partial charge in [-0.3, -0.25) is 0 Å². The summed E-state index contributed by atoms with van der Waals surface area (Å²) in [7, 11) is 0. The van der Waals surface area contributed by atoms with Crippen molar-refractivity contribution in [1.29, 1.82) is 0 Å². The summed E-state index contributed by atoms with van der Waals surface area (Å²) in [4.78, 5) is 0. The molecule has 0 aliphatic carbocycles. The highest BCUT2D eigenvalue weighted by Crippen LogP contribution is 2.09. The Kier molecular flexibility index (Phi) is 8.51. The predicted molar refractivity (Wildman–Crippen MR) is 84.0 cm³/mol. The third-order valence-corrected chi connectivity index (χ3v) is 3.55. The van der Waals surface area contributed by atoms with Crippen molar-refractivity contribution in [3.8, 4) is 0 Å². The van der Waals surface area contributed by atoms with E-state index >= 15 is 0 Å². The van der Waals surface area contributed by atoms with E-state index in [0.29, 0.717) is 6.61 Å².